The van der Waals surface area contributed by atoms with Crippen LogP contribution in [0.25, 0.3) is 0 Å². The van der Waals surface area contributed by atoms with Crippen molar-refractivity contribution in [1.82, 2.24) is 0 Å². The molecule has 2 rings (SSSR count). The van der Waals surface area contributed by atoms with Gasteiger partial charge in [0.15, 0.2) is 0 Å². The van der Waals surface area contributed by atoms with Crippen molar-refractivity contribution < 1.29 is 4.79 Å². The molecule has 0 atom stereocenters. The van der Waals surface area contributed by atoms with Crippen molar-refractivity contribution in [2.24, 2.45) is 0 Å². The van der Waals surface area contributed by atoms with Crippen LogP contribution in [0.1, 0.15) is 34.8 Å². The first-order valence-corrected chi connectivity index (χ1v) is 6.87. The van der Waals surface area contributed by atoms with Gasteiger partial charge in [-0.1, -0.05) is 43.7 Å². The topological polar surface area (TPSA) is 55.1 Å². The van der Waals surface area contributed by atoms with Crippen LogP contribution in [0.3, 0.4) is 0 Å². The van der Waals surface area contributed by atoms with Gasteiger partial charge in [0.25, 0.3) is 5.91 Å². The molecule has 3 N–H and O–H groups in total. The van der Waals surface area contributed by atoms with E-state index in [2.05, 4.69) is 12.2 Å². The van der Waals surface area contributed by atoms with Crippen LogP contribution in [0.2, 0.25) is 0 Å². The van der Waals surface area contributed by atoms with Crippen LogP contribution >= 0.6 is 0 Å². The van der Waals surface area contributed by atoms with Gasteiger partial charge in [0, 0.05) is 11.4 Å². The lowest BCUT2D eigenvalue weighted by Gasteiger charge is -2.13. The summed E-state index contributed by atoms with van der Waals surface area (Å²) < 4.78 is 0. The van der Waals surface area contributed by atoms with E-state index in [9.17, 15) is 4.79 Å². The lowest BCUT2D eigenvalue weighted by atomic mass is 10.0. The number of hydrogen-bond donors (Lipinski definition) is 2. The van der Waals surface area contributed by atoms with Gasteiger partial charge in [-0.15, -0.1) is 0 Å². The number of amides is 1. The zero-order chi connectivity index (χ0) is 14.5. The molecule has 1 amide bonds. The second kappa shape index (κ2) is 6.24. The predicted molar refractivity (Wildman–Crippen MR) is 84.0 cm³/mol. The first kappa shape index (κ1) is 14.1. The summed E-state index contributed by atoms with van der Waals surface area (Å²) in [6.07, 6.45) is 1.99. The van der Waals surface area contributed by atoms with Crippen molar-refractivity contribution in [2.45, 2.75) is 26.7 Å². The Labute approximate surface area is 119 Å². The minimum absolute atomic E-state index is 0.149. The summed E-state index contributed by atoms with van der Waals surface area (Å²) >= 11 is 0. The Hall–Kier alpha value is -2.29. The Morgan fingerprint density at radius 3 is 2.60 bits per heavy atom. The van der Waals surface area contributed by atoms with Crippen LogP contribution in [0.4, 0.5) is 11.4 Å². The standard InChI is InChI=1S/C17H20N2O/c1-3-7-13-9-4-5-11-15(13)19-17(20)16-12(2)8-6-10-14(16)18/h4-6,8-11H,3,7,18H2,1-2H3,(H,19,20). The van der Waals surface area contributed by atoms with Gasteiger partial charge in [-0.05, 0) is 36.6 Å². The molecule has 0 bridgehead atoms. The molecule has 104 valence electrons. The number of nitrogens with one attached hydrogen (secondary N) is 1. The highest BCUT2D eigenvalue weighted by Gasteiger charge is 2.13. The Morgan fingerprint density at radius 2 is 1.90 bits per heavy atom. The van der Waals surface area contributed by atoms with Gasteiger partial charge in [0.05, 0.1) is 5.56 Å². The van der Waals surface area contributed by atoms with E-state index in [1.165, 1.54) is 0 Å². The van der Waals surface area contributed by atoms with Crippen LogP contribution in [0, 0.1) is 6.92 Å². The lowest BCUT2D eigenvalue weighted by molar-refractivity contribution is 0.102. The Balaban J connectivity index is 2.28. The van der Waals surface area contributed by atoms with Gasteiger partial charge >= 0.3 is 0 Å². The highest BCUT2D eigenvalue weighted by Crippen LogP contribution is 2.21. The molecule has 0 aliphatic heterocycles. The first-order valence-electron chi connectivity index (χ1n) is 6.87. The Morgan fingerprint density at radius 1 is 1.15 bits per heavy atom. The van der Waals surface area contributed by atoms with E-state index < -0.39 is 0 Å². The van der Waals surface area contributed by atoms with Crippen molar-refractivity contribution in [2.75, 3.05) is 11.1 Å². The van der Waals surface area contributed by atoms with Crippen LogP contribution in [0.5, 0.6) is 0 Å². The van der Waals surface area contributed by atoms with Gasteiger partial charge in [-0.25, -0.2) is 0 Å². The van der Waals surface area contributed by atoms with Crippen molar-refractivity contribution in [1.29, 1.82) is 0 Å². The van der Waals surface area contributed by atoms with Crippen LogP contribution in [0.15, 0.2) is 42.5 Å². The van der Waals surface area contributed by atoms with Gasteiger partial charge < -0.3 is 11.1 Å². The summed E-state index contributed by atoms with van der Waals surface area (Å²) in [6.45, 7) is 4.02. The zero-order valence-electron chi connectivity index (χ0n) is 11.9. The fraction of sp³-hybridized carbons (Fsp3) is 0.235. The predicted octanol–water partition coefficient (Wildman–Crippen LogP) is 3.78. The second-order valence-electron chi connectivity index (χ2n) is 4.90. The van der Waals surface area contributed by atoms with Crippen LogP contribution in [-0.2, 0) is 6.42 Å². The fourth-order valence-corrected chi connectivity index (χ4v) is 2.32. The normalized spacial score (nSPS) is 10.3. The summed E-state index contributed by atoms with van der Waals surface area (Å²) in [6, 6.07) is 13.4. The van der Waals surface area contributed by atoms with Gasteiger partial charge in [-0.2, -0.15) is 0 Å². The maximum Gasteiger partial charge on any atom is 0.258 e. The maximum absolute atomic E-state index is 12.4. The number of nitrogen functional groups attached to an aromatic ring is 1. The molecule has 2 aromatic rings. The summed E-state index contributed by atoms with van der Waals surface area (Å²) in [5.41, 5.74) is 9.87. The average molecular weight is 268 g/mol. The summed E-state index contributed by atoms with van der Waals surface area (Å²) in [4.78, 5) is 12.4. The molecule has 3 heteroatoms. The molecular weight excluding hydrogens is 248 g/mol. The molecule has 0 radical (unpaired) electrons. The summed E-state index contributed by atoms with van der Waals surface area (Å²) in [5.74, 6) is -0.149. The molecule has 3 nitrogen and oxygen atoms in total. The van der Waals surface area contributed by atoms with E-state index in [4.69, 9.17) is 5.73 Å². The molecule has 0 fully saturated rings. The average Bonchev–Trinajstić information content (AvgIpc) is 2.41. The number of hydrogen-bond acceptors (Lipinski definition) is 2. The molecule has 0 aromatic heterocycles. The van der Waals surface area contributed by atoms with Crippen molar-refractivity contribution in [3.8, 4) is 0 Å². The third-order valence-electron chi connectivity index (χ3n) is 3.32. The monoisotopic (exact) mass is 268 g/mol. The smallest absolute Gasteiger partial charge is 0.258 e. The fourth-order valence-electron chi connectivity index (χ4n) is 2.32. The van der Waals surface area contributed by atoms with Gasteiger partial charge in [-0.3, -0.25) is 4.79 Å². The van der Waals surface area contributed by atoms with Crippen molar-refractivity contribution >= 4 is 17.3 Å². The Kier molecular flexibility index (Phi) is 4.41. The third-order valence-corrected chi connectivity index (χ3v) is 3.32. The molecule has 0 saturated carbocycles. The number of carbonyl (C=O) groups excluding carboxylic acids is 1. The molecule has 20 heavy (non-hydrogen) atoms. The van der Waals surface area contributed by atoms with Crippen LogP contribution in [-0.4, -0.2) is 5.91 Å². The molecule has 0 unspecified atom stereocenters. The molecule has 0 saturated heterocycles. The van der Waals surface area contributed by atoms with E-state index >= 15 is 0 Å². The SMILES string of the molecule is CCCc1ccccc1NC(=O)c1c(C)cccc1N. The molecular formula is C17H20N2O. The van der Waals surface area contributed by atoms with E-state index in [1.54, 1.807) is 6.07 Å². The molecule has 0 heterocycles. The largest absolute Gasteiger partial charge is 0.398 e. The third kappa shape index (κ3) is 2.99. The number of nitrogens with two attached hydrogens (primary N) is 1. The minimum atomic E-state index is -0.149. The lowest BCUT2D eigenvalue weighted by Crippen LogP contribution is -2.16. The highest BCUT2D eigenvalue weighted by molar-refractivity contribution is 6.09. The van der Waals surface area contributed by atoms with E-state index in [0.717, 1.165) is 29.7 Å². The number of aryl methyl sites for hydroxylation is 2. The molecule has 2 aromatic carbocycles. The molecule has 0 spiro atoms. The molecule has 0 aliphatic rings. The summed E-state index contributed by atoms with van der Waals surface area (Å²) in [5, 5.41) is 2.97. The van der Waals surface area contributed by atoms with Gasteiger partial charge in [0.2, 0.25) is 0 Å². The molecule has 0 aliphatic carbocycles. The summed E-state index contributed by atoms with van der Waals surface area (Å²) in [7, 11) is 0. The zero-order valence-corrected chi connectivity index (χ0v) is 11.9. The second-order valence-corrected chi connectivity index (χ2v) is 4.90. The number of rotatable bonds is 4. The van der Waals surface area contributed by atoms with Crippen molar-refractivity contribution in [3.05, 3.63) is 59.2 Å². The minimum Gasteiger partial charge on any atom is -0.398 e. The Bertz CT molecular complexity index is 600. The van der Waals surface area contributed by atoms with E-state index in [1.807, 2.05) is 43.3 Å². The first-order chi connectivity index (χ1) is 9.63. The van der Waals surface area contributed by atoms with E-state index in [0.29, 0.717) is 11.3 Å². The number of carbonyl (C=O) groups is 1. The number of benzene rings is 2. The maximum atomic E-state index is 12.4. The van der Waals surface area contributed by atoms with E-state index in [-0.39, 0.29) is 5.91 Å². The number of anilines is 2. The van der Waals surface area contributed by atoms with Gasteiger partial charge in [0.1, 0.15) is 0 Å². The highest BCUT2D eigenvalue weighted by atomic mass is 16.1. The van der Waals surface area contributed by atoms with Crippen LogP contribution < -0.4 is 11.1 Å². The number of para-hydroxylation sites is 1. The quantitative estimate of drug-likeness (QED) is 0.829. The van der Waals surface area contributed by atoms with Crippen molar-refractivity contribution in [3.63, 3.8) is 0 Å².